The number of carbonyl (C=O) groups is 1. The number of para-hydroxylation sites is 3. The SMILES string of the molecule is O=C(Nc1ccccc1O)c1[nH]nc2c(F)cccc12. The third kappa shape index (κ3) is 1.97. The summed E-state index contributed by atoms with van der Waals surface area (Å²) in [6, 6.07) is 10.7. The van der Waals surface area contributed by atoms with Crippen molar-refractivity contribution in [1.29, 1.82) is 0 Å². The van der Waals surface area contributed by atoms with E-state index in [0.717, 1.165) is 0 Å². The maximum Gasteiger partial charge on any atom is 0.274 e. The summed E-state index contributed by atoms with van der Waals surface area (Å²) < 4.78 is 13.5. The highest BCUT2D eigenvalue weighted by molar-refractivity contribution is 6.11. The average Bonchev–Trinajstić information content (AvgIpc) is 2.87. The van der Waals surface area contributed by atoms with Crippen LogP contribution in [0, 0.1) is 5.82 Å². The molecule has 0 aliphatic carbocycles. The van der Waals surface area contributed by atoms with Crippen LogP contribution in [0.1, 0.15) is 10.5 Å². The summed E-state index contributed by atoms with van der Waals surface area (Å²) in [6.07, 6.45) is 0. The first-order valence-corrected chi connectivity index (χ1v) is 5.89. The first kappa shape index (κ1) is 12.2. The number of anilines is 1. The van der Waals surface area contributed by atoms with Crippen molar-refractivity contribution < 1.29 is 14.3 Å². The van der Waals surface area contributed by atoms with Gasteiger partial charge in [-0.05, 0) is 18.2 Å². The van der Waals surface area contributed by atoms with Gasteiger partial charge >= 0.3 is 0 Å². The molecule has 3 N–H and O–H groups in total. The molecule has 0 atom stereocenters. The number of hydrogen-bond acceptors (Lipinski definition) is 3. The van der Waals surface area contributed by atoms with Crippen LogP contribution in [0.15, 0.2) is 42.5 Å². The van der Waals surface area contributed by atoms with E-state index in [0.29, 0.717) is 5.39 Å². The normalized spacial score (nSPS) is 10.7. The molecule has 1 aromatic heterocycles. The molecular weight excluding hydrogens is 261 g/mol. The van der Waals surface area contributed by atoms with Gasteiger partial charge in [-0.25, -0.2) is 4.39 Å². The van der Waals surface area contributed by atoms with Crippen LogP contribution in [-0.4, -0.2) is 21.2 Å². The summed E-state index contributed by atoms with van der Waals surface area (Å²) in [4.78, 5) is 12.1. The first-order chi connectivity index (χ1) is 9.66. The Balaban J connectivity index is 1.98. The van der Waals surface area contributed by atoms with Crippen LogP contribution in [0.25, 0.3) is 10.9 Å². The zero-order valence-electron chi connectivity index (χ0n) is 10.2. The van der Waals surface area contributed by atoms with Crippen LogP contribution in [0.2, 0.25) is 0 Å². The summed E-state index contributed by atoms with van der Waals surface area (Å²) >= 11 is 0. The van der Waals surface area contributed by atoms with Gasteiger partial charge in [-0.2, -0.15) is 5.10 Å². The molecule has 2 aromatic carbocycles. The largest absolute Gasteiger partial charge is 0.506 e. The van der Waals surface area contributed by atoms with Crippen molar-refractivity contribution in [3.05, 3.63) is 54.0 Å². The van der Waals surface area contributed by atoms with Crippen LogP contribution in [0.5, 0.6) is 5.75 Å². The molecule has 0 bridgehead atoms. The number of aromatic amines is 1. The molecule has 0 fully saturated rings. The Morgan fingerprint density at radius 3 is 2.80 bits per heavy atom. The van der Waals surface area contributed by atoms with Crippen LogP contribution >= 0.6 is 0 Å². The van der Waals surface area contributed by atoms with Crippen molar-refractivity contribution in [2.75, 3.05) is 5.32 Å². The molecule has 0 aliphatic heterocycles. The van der Waals surface area contributed by atoms with Gasteiger partial charge in [0.05, 0.1) is 5.69 Å². The molecule has 0 saturated heterocycles. The Morgan fingerprint density at radius 2 is 2.00 bits per heavy atom. The van der Waals surface area contributed by atoms with Crippen molar-refractivity contribution in [2.24, 2.45) is 0 Å². The van der Waals surface area contributed by atoms with E-state index in [1.165, 1.54) is 18.2 Å². The van der Waals surface area contributed by atoms with E-state index >= 15 is 0 Å². The summed E-state index contributed by atoms with van der Waals surface area (Å²) in [5.41, 5.74) is 0.523. The van der Waals surface area contributed by atoms with E-state index in [1.807, 2.05) is 0 Å². The predicted octanol–water partition coefficient (Wildman–Crippen LogP) is 2.66. The Labute approximate surface area is 113 Å². The molecule has 3 aromatic rings. The minimum absolute atomic E-state index is 0.0455. The van der Waals surface area contributed by atoms with Gasteiger partial charge in [0.15, 0.2) is 5.82 Å². The molecule has 0 radical (unpaired) electrons. The quantitative estimate of drug-likeness (QED) is 0.627. The van der Waals surface area contributed by atoms with Crippen molar-refractivity contribution in [2.45, 2.75) is 0 Å². The number of nitrogens with zero attached hydrogens (tertiary/aromatic N) is 1. The lowest BCUT2D eigenvalue weighted by molar-refractivity contribution is 0.102. The third-order valence-electron chi connectivity index (χ3n) is 2.91. The zero-order valence-corrected chi connectivity index (χ0v) is 10.2. The molecule has 3 rings (SSSR count). The predicted molar refractivity (Wildman–Crippen MR) is 72.1 cm³/mol. The number of phenolic OH excluding ortho intramolecular Hbond substituents is 1. The number of phenols is 1. The molecule has 0 unspecified atom stereocenters. The number of nitrogens with one attached hydrogen (secondary N) is 2. The monoisotopic (exact) mass is 271 g/mol. The molecule has 0 aliphatic rings. The molecule has 20 heavy (non-hydrogen) atoms. The number of rotatable bonds is 2. The lowest BCUT2D eigenvalue weighted by atomic mass is 10.2. The molecule has 6 heteroatoms. The van der Waals surface area contributed by atoms with E-state index in [2.05, 4.69) is 15.5 Å². The van der Waals surface area contributed by atoms with E-state index in [1.54, 1.807) is 24.3 Å². The Hall–Kier alpha value is -2.89. The van der Waals surface area contributed by atoms with Gasteiger partial charge in [0.25, 0.3) is 5.91 Å². The van der Waals surface area contributed by atoms with Gasteiger partial charge in [-0.1, -0.05) is 24.3 Å². The number of benzene rings is 2. The van der Waals surface area contributed by atoms with E-state index in [4.69, 9.17) is 0 Å². The van der Waals surface area contributed by atoms with Gasteiger partial charge in [0, 0.05) is 5.39 Å². The fraction of sp³-hybridized carbons (Fsp3) is 0. The van der Waals surface area contributed by atoms with Crippen LogP contribution in [0.4, 0.5) is 10.1 Å². The number of aromatic nitrogens is 2. The zero-order chi connectivity index (χ0) is 14.1. The number of fused-ring (bicyclic) bond motifs is 1. The smallest absolute Gasteiger partial charge is 0.274 e. The van der Waals surface area contributed by atoms with Gasteiger partial charge in [0.1, 0.15) is 17.0 Å². The van der Waals surface area contributed by atoms with Crippen LogP contribution < -0.4 is 5.32 Å². The fourth-order valence-electron chi connectivity index (χ4n) is 1.94. The van der Waals surface area contributed by atoms with Crippen molar-refractivity contribution >= 4 is 22.5 Å². The standard InChI is InChI=1S/C14H10FN3O2/c15-9-5-3-4-8-12(9)17-18-13(8)14(20)16-10-6-1-2-7-11(10)19/h1-7,19H,(H,16,20)(H,17,18). The van der Waals surface area contributed by atoms with Crippen LogP contribution in [-0.2, 0) is 0 Å². The van der Waals surface area contributed by atoms with E-state index < -0.39 is 11.7 Å². The van der Waals surface area contributed by atoms with Gasteiger partial charge < -0.3 is 10.4 Å². The van der Waals surface area contributed by atoms with Gasteiger partial charge in [-0.3, -0.25) is 9.89 Å². The number of H-pyrrole nitrogens is 1. The summed E-state index contributed by atoms with van der Waals surface area (Å²) in [7, 11) is 0. The fourth-order valence-corrected chi connectivity index (χ4v) is 1.94. The second-order valence-corrected chi connectivity index (χ2v) is 4.21. The molecule has 100 valence electrons. The molecule has 0 spiro atoms. The lowest BCUT2D eigenvalue weighted by Gasteiger charge is -2.05. The second kappa shape index (κ2) is 4.65. The highest BCUT2D eigenvalue weighted by atomic mass is 19.1. The maximum absolute atomic E-state index is 13.5. The maximum atomic E-state index is 13.5. The van der Waals surface area contributed by atoms with Gasteiger partial charge in [0.2, 0.25) is 0 Å². The highest BCUT2D eigenvalue weighted by Gasteiger charge is 2.16. The van der Waals surface area contributed by atoms with Crippen molar-refractivity contribution in [1.82, 2.24) is 10.2 Å². The number of hydrogen-bond donors (Lipinski definition) is 3. The van der Waals surface area contributed by atoms with E-state index in [9.17, 15) is 14.3 Å². The molecule has 0 saturated carbocycles. The average molecular weight is 271 g/mol. The molecule has 1 heterocycles. The van der Waals surface area contributed by atoms with Crippen LogP contribution in [0.3, 0.4) is 0 Å². The highest BCUT2D eigenvalue weighted by Crippen LogP contribution is 2.24. The summed E-state index contributed by atoms with van der Waals surface area (Å²) in [5, 5.41) is 18.8. The molecule has 1 amide bonds. The van der Waals surface area contributed by atoms with E-state index in [-0.39, 0.29) is 22.6 Å². The third-order valence-corrected chi connectivity index (χ3v) is 2.91. The number of amides is 1. The summed E-state index contributed by atoms with van der Waals surface area (Å²) in [5.74, 6) is -1.05. The topological polar surface area (TPSA) is 78.0 Å². The minimum atomic E-state index is -0.500. The summed E-state index contributed by atoms with van der Waals surface area (Å²) in [6.45, 7) is 0. The number of aromatic hydroxyl groups is 1. The van der Waals surface area contributed by atoms with Crippen molar-refractivity contribution in [3.8, 4) is 5.75 Å². The number of carbonyl (C=O) groups excluding carboxylic acids is 1. The minimum Gasteiger partial charge on any atom is -0.506 e. The molecule has 5 nitrogen and oxygen atoms in total. The van der Waals surface area contributed by atoms with Gasteiger partial charge in [-0.15, -0.1) is 0 Å². The Morgan fingerprint density at radius 1 is 1.20 bits per heavy atom. The first-order valence-electron chi connectivity index (χ1n) is 5.89. The Bertz CT molecular complexity index is 798. The van der Waals surface area contributed by atoms with Crippen molar-refractivity contribution in [3.63, 3.8) is 0 Å². The number of halogens is 1. The Kier molecular flexibility index (Phi) is 2.83. The second-order valence-electron chi connectivity index (χ2n) is 4.21. The molecular formula is C14H10FN3O2. The lowest BCUT2D eigenvalue weighted by Crippen LogP contribution is -2.12.